The Bertz CT molecular complexity index is 716. The van der Waals surface area contributed by atoms with Gasteiger partial charge in [-0.25, -0.2) is 0 Å². The Morgan fingerprint density at radius 1 is 1.24 bits per heavy atom. The molecule has 1 N–H and O–H groups in total. The molecule has 1 amide bonds. The molecule has 2 aromatic rings. The number of aryl methyl sites for hydroxylation is 2. The van der Waals surface area contributed by atoms with Crippen molar-refractivity contribution < 1.29 is 4.79 Å². The Kier molecular flexibility index (Phi) is 6.04. The molecule has 0 aliphatic carbocycles. The van der Waals surface area contributed by atoms with E-state index in [2.05, 4.69) is 62.4 Å². The fourth-order valence-electron chi connectivity index (χ4n) is 3.59. The highest BCUT2D eigenvalue weighted by molar-refractivity contribution is 5.76. The fourth-order valence-corrected chi connectivity index (χ4v) is 3.59. The molecule has 1 heterocycles. The van der Waals surface area contributed by atoms with Crippen LogP contribution in [0.15, 0.2) is 30.3 Å². The normalized spacial score (nSPS) is 12.9. The molecule has 1 aromatic heterocycles. The second-order valence-electron chi connectivity index (χ2n) is 7.70. The van der Waals surface area contributed by atoms with Crippen LogP contribution >= 0.6 is 0 Å². The summed E-state index contributed by atoms with van der Waals surface area (Å²) < 4.78 is 1.88. The molecule has 4 heteroatoms. The van der Waals surface area contributed by atoms with Gasteiger partial charge in [0.2, 0.25) is 5.91 Å². The molecule has 136 valence electrons. The summed E-state index contributed by atoms with van der Waals surface area (Å²) in [6.07, 6.45) is 2.16. The van der Waals surface area contributed by atoms with E-state index in [1.807, 2.05) is 24.7 Å². The summed E-state index contributed by atoms with van der Waals surface area (Å²) in [7, 11) is 1.94. The van der Waals surface area contributed by atoms with Crippen LogP contribution in [-0.4, -0.2) is 21.7 Å². The van der Waals surface area contributed by atoms with Crippen molar-refractivity contribution in [2.75, 3.05) is 0 Å². The number of amides is 1. The molecule has 4 nitrogen and oxygen atoms in total. The zero-order valence-electron chi connectivity index (χ0n) is 16.4. The van der Waals surface area contributed by atoms with Crippen LogP contribution in [0.3, 0.4) is 0 Å². The van der Waals surface area contributed by atoms with Gasteiger partial charge >= 0.3 is 0 Å². The van der Waals surface area contributed by atoms with E-state index in [1.54, 1.807) is 0 Å². The van der Waals surface area contributed by atoms with Gasteiger partial charge in [-0.2, -0.15) is 5.10 Å². The van der Waals surface area contributed by atoms with Crippen molar-refractivity contribution >= 4 is 5.91 Å². The third-order valence-corrected chi connectivity index (χ3v) is 5.04. The van der Waals surface area contributed by atoms with Gasteiger partial charge in [0, 0.05) is 25.2 Å². The van der Waals surface area contributed by atoms with Crippen LogP contribution in [0.5, 0.6) is 0 Å². The molecule has 0 saturated carbocycles. The smallest absolute Gasteiger partial charge is 0.220 e. The van der Waals surface area contributed by atoms with E-state index >= 15 is 0 Å². The molecule has 0 aliphatic heterocycles. The molecule has 0 radical (unpaired) electrons. The lowest BCUT2D eigenvalue weighted by Crippen LogP contribution is -2.37. The lowest BCUT2D eigenvalue weighted by Gasteiger charge is -2.29. The van der Waals surface area contributed by atoms with Crippen LogP contribution in [0.4, 0.5) is 0 Å². The van der Waals surface area contributed by atoms with E-state index in [-0.39, 0.29) is 17.4 Å². The summed E-state index contributed by atoms with van der Waals surface area (Å²) in [5.74, 6) is 0.110. The van der Waals surface area contributed by atoms with Crippen LogP contribution < -0.4 is 5.32 Å². The van der Waals surface area contributed by atoms with Gasteiger partial charge in [-0.3, -0.25) is 9.48 Å². The first kappa shape index (κ1) is 19.2. The molecular formula is C21H31N3O. The van der Waals surface area contributed by atoms with Crippen LogP contribution in [-0.2, 0) is 23.7 Å². The molecule has 0 saturated heterocycles. The van der Waals surface area contributed by atoms with Crippen molar-refractivity contribution in [3.8, 4) is 0 Å². The zero-order chi connectivity index (χ0) is 18.6. The second-order valence-corrected chi connectivity index (χ2v) is 7.70. The minimum atomic E-state index is 0.0322. The molecule has 25 heavy (non-hydrogen) atoms. The van der Waals surface area contributed by atoms with Crippen molar-refractivity contribution in [2.24, 2.45) is 7.05 Å². The first-order chi connectivity index (χ1) is 11.7. The molecule has 0 bridgehead atoms. The van der Waals surface area contributed by atoms with Gasteiger partial charge in [-0.1, -0.05) is 44.2 Å². The van der Waals surface area contributed by atoms with Crippen LogP contribution in [0.25, 0.3) is 0 Å². The number of rotatable bonds is 7. The first-order valence-corrected chi connectivity index (χ1v) is 9.04. The number of carbonyl (C=O) groups is 1. The predicted octanol–water partition coefficient (Wildman–Crippen LogP) is 3.84. The average molecular weight is 341 g/mol. The Balaban J connectivity index is 1.88. The molecule has 0 fully saturated rings. The van der Waals surface area contributed by atoms with Crippen LogP contribution in [0, 0.1) is 13.8 Å². The summed E-state index contributed by atoms with van der Waals surface area (Å²) in [6, 6.07) is 10.6. The van der Waals surface area contributed by atoms with E-state index in [0.717, 1.165) is 24.2 Å². The van der Waals surface area contributed by atoms with Gasteiger partial charge in [0.25, 0.3) is 0 Å². The largest absolute Gasteiger partial charge is 0.354 e. The number of aromatic nitrogens is 2. The quantitative estimate of drug-likeness (QED) is 0.832. The van der Waals surface area contributed by atoms with Crippen molar-refractivity contribution in [3.63, 3.8) is 0 Å². The van der Waals surface area contributed by atoms with E-state index in [4.69, 9.17) is 0 Å². The van der Waals surface area contributed by atoms with Crippen molar-refractivity contribution in [3.05, 3.63) is 52.8 Å². The molecule has 0 aliphatic rings. The maximum absolute atomic E-state index is 12.3. The van der Waals surface area contributed by atoms with Gasteiger partial charge in [-0.05, 0) is 50.2 Å². The second kappa shape index (κ2) is 7.85. The summed E-state index contributed by atoms with van der Waals surface area (Å²) >= 11 is 0. The highest BCUT2D eigenvalue weighted by Crippen LogP contribution is 2.28. The molecule has 0 unspecified atom stereocenters. The van der Waals surface area contributed by atoms with Gasteiger partial charge in [0.05, 0.1) is 5.69 Å². The lowest BCUT2D eigenvalue weighted by atomic mass is 9.79. The van der Waals surface area contributed by atoms with Crippen LogP contribution in [0.1, 0.15) is 56.1 Å². The number of hydrogen-bond acceptors (Lipinski definition) is 2. The topological polar surface area (TPSA) is 46.9 Å². The molecular weight excluding hydrogens is 310 g/mol. The number of nitrogens with zero attached hydrogens (tertiary/aromatic N) is 2. The van der Waals surface area contributed by atoms with Crippen LogP contribution in [0.2, 0.25) is 0 Å². The molecule has 1 aromatic carbocycles. The number of benzene rings is 1. The summed E-state index contributed by atoms with van der Waals surface area (Å²) in [5.41, 5.74) is 4.69. The highest BCUT2D eigenvalue weighted by atomic mass is 16.1. The lowest BCUT2D eigenvalue weighted by molar-refractivity contribution is -0.121. The summed E-state index contributed by atoms with van der Waals surface area (Å²) in [5, 5.41) is 7.57. The van der Waals surface area contributed by atoms with Crippen molar-refractivity contribution in [1.82, 2.24) is 15.1 Å². The van der Waals surface area contributed by atoms with Crippen molar-refractivity contribution in [2.45, 2.75) is 65.3 Å². The standard InChI is InChI=1S/C21H31N3O/c1-15(14-21(4,5)18-10-8-7-9-11-18)22-20(25)13-12-19-16(2)23-24(6)17(19)3/h7-11,15H,12-14H2,1-6H3,(H,22,25)/t15-/m0/s1. The van der Waals surface area contributed by atoms with E-state index < -0.39 is 0 Å². The zero-order valence-corrected chi connectivity index (χ0v) is 16.4. The van der Waals surface area contributed by atoms with Gasteiger partial charge in [0.15, 0.2) is 0 Å². The minimum Gasteiger partial charge on any atom is -0.354 e. The van der Waals surface area contributed by atoms with Crippen molar-refractivity contribution in [1.29, 1.82) is 0 Å². The SMILES string of the molecule is Cc1nn(C)c(C)c1CCC(=O)N[C@@H](C)CC(C)(C)c1ccccc1. The minimum absolute atomic E-state index is 0.0322. The molecule has 0 spiro atoms. The van der Waals surface area contributed by atoms with Gasteiger partial charge in [-0.15, -0.1) is 0 Å². The Morgan fingerprint density at radius 2 is 1.88 bits per heavy atom. The Hall–Kier alpha value is -2.10. The summed E-state index contributed by atoms with van der Waals surface area (Å²) in [4.78, 5) is 12.3. The molecule has 2 rings (SSSR count). The maximum Gasteiger partial charge on any atom is 0.220 e. The van der Waals surface area contributed by atoms with E-state index in [1.165, 1.54) is 11.1 Å². The van der Waals surface area contributed by atoms with E-state index in [0.29, 0.717) is 6.42 Å². The third kappa shape index (κ3) is 4.94. The van der Waals surface area contributed by atoms with Gasteiger partial charge < -0.3 is 5.32 Å². The monoisotopic (exact) mass is 341 g/mol. The number of hydrogen-bond donors (Lipinski definition) is 1. The number of carbonyl (C=O) groups excluding carboxylic acids is 1. The van der Waals surface area contributed by atoms with Gasteiger partial charge in [0.1, 0.15) is 0 Å². The number of nitrogens with one attached hydrogen (secondary N) is 1. The predicted molar refractivity (Wildman–Crippen MR) is 103 cm³/mol. The fraction of sp³-hybridized carbons (Fsp3) is 0.524. The Labute approximate surface area is 151 Å². The highest BCUT2D eigenvalue weighted by Gasteiger charge is 2.24. The summed E-state index contributed by atoms with van der Waals surface area (Å²) in [6.45, 7) is 10.6. The average Bonchev–Trinajstić information content (AvgIpc) is 2.78. The van der Waals surface area contributed by atoms with E-state index in [9.17, 15) is 4.79 Å². The Morgan fingerprint density at radius 3 is 2.44 bits per heavy atom. The maximum atomic E-state index is 12.3. The third-order valence-electron chi connectivity index (χ3n) is 5.04. The molecule has 1 atom stereocenters. The first-order valence-electron chi connectivity index (χ1n) is 9.04.